The first kappa shape index (κ1) is 19.9. The van der Waals surface area contributed by atoms with Gasteiger partial charge < -0.3 is 24.4 Å². The molecule has 144 valence electrons. The quantitative estimate of drug-likeness (QED) is 0.474. The highest BCUT2D eigenvalue weighted by atomic mass is 16.5. The second-order valence-electron chi connectivity index (χ2n) is 6.11. The topological polar surface area (TPSA) is 72.4 Å². The van der Waals surface area contributed by atoms with Crippen LogP contribution in [0.1, 0.15) is 25.3 Å². The fourth-order valence-corrected chi connectivity index (χ4v) is 3.16. The molecule has 1 aliphatic heterocycles. The van der Waals surface area contributed by atoms with Crippen LogP contribution in [0.3, 0.4) is 0 Å². The van der Waals surface area contributed by atoms with Crippen molar-refractivity contribution in [3.05, 3.63) is 23.8 Å². The molecular formula is C19H29N3O4. The zero-order valence-electron chi connectivity index (χ0n) is 16.1. The Morgan fingerprint density at radius 2 is 1.96 bits per heavy atom. The first-order valence-electron chi connectivity index (χ1n) is 8.95. The van der Waals surface area contributed by atoms with Crippen LogP contribution in [0, 0.1) is 5.92 Å². The molecule has 7 nitrogen and oxygen atoms in total. The number of piperidine rings is 1. The van der Waals surface area contributed by atoms with Gasteiger partial charge in [0.2, 0.25) is 0 Å². The lowest BCUT2D eigenvalue weighted by Crippen LogP contribution is -2.46. The number of guanidine groups is 1. The Kier molecular flexibility index (Phi) is 7.56. The van der Waals surface area contributed by atoms with Crippen LogP contribution in [0.25, 0.3) is 0 Å². The largest absolute Gasteiger partial charge is 0.493 e. The summed E-state index contributed by atoms with van der Waals surface area (Å²) in [6.45, 7) is 4.87. The van der Waals surface area contributed by atoms with Gasteiger partial charge in [0.15, 0.2) is 17.5 Å². The molecule has 0 radical (unpaired) electrons. The summed E-state index contributed by atoms with van der Waals surface area (Å²) < 4.78 is 15.7. The Balaban J connectivity index is 2.09. The molecule has 1 saturated heterocycles. The SMILES string of the molecule is CCNC(=NCc1cccc(OC)c1OC)N1CCC(C(=O)OC)CC1. The third kappa shape index (κ3) is 4.80. The van der Waals surface area contributed by atoms with Crippen molar-refractivity contribution in [2.45, 2.75) is 26.3 Å². The van der Waals surface area contributed by atoms with Crippen LogP contribution >= 0.6 is 0 Å². The van der Waals surface area contributed by atoms with Gasteiger partial charge in [0.25, 0.3) is 0 Å². The van der Waals surface area contributed by atoms with Crippen molar-refractivity contribution in [2.75, 3.05) is 41.0 Å². The number of methoxy groups -OCH3 is 3. The molecule has 1 heterocycles. The standard InChI is InChI=1S/C19H29N3O4/c1-5-20-19(22-11-9-14(10-12-22)18(23)26-4)21-13-15-7-6-8-16(24-2)17(15)25-3/h6-8,14H,5,9-13H2,1-4H3,(H,20,21). The van der Waals surface area contributed by atoms with Crippen molar-refractivity contribution in [1.82, 2.24) is 10.2 Å². The number of nitrogens with zero attached hydrogens (tertiary/aromatic N) is 2. The van der Waals surface area contributed by atoms with Crippen molar-refractivity contribution in [2.24, 2.45) is 10.9 Å². The predicted molar refractivity (Wildman–Crippen MR) is 101 cm³/mol. The van der Waals surface area contributed by atoms with E-state index in [1.165, 1.54) is 7.11 Å². The number of esters is 1. The van der Waals surface area contributed by atoms with Gasteiger partial charge in [-0.2, -0.15) is 0 Å². The minimum Gasteiger partial charge on any atom is -0.493 e. The molecule has 0 aliphatic carbocycles. The molecule has 0 spiro atoms. The van der Waals surface area contributed by atoms with Crippen molar-refractivity contribution in [3.63, 3.8) is 0 Å². The van der Waals surface area contributed by atoms with Crippen LogP contribution in [0.5, 0.6) is 11.5 Å². The Labute approximate surface area is 155 Å². The molecule has 0 saturated carbocycles. The van der Waals surface area contributed by atoms with E-state index in [2.05, 4.69) is 10.2 Å². The molecule has 0 bridgehead atoms. The van der Waals surface area contributed by atoms with E-state index in [-0.39, 0.29) is 11.9 Å². The molecule has 0 amide bonds. The fourth-order valence-electron chi connectivity index (χ4n) is 3.16. The summed E-state index contributed by atoms with van der Waals surface area (Å²) >= 11 is 0. The highest BCUT2D eigenvalue weighted by Crippen LogP contribution is 2.31. The molecule has 1 aromatic rings. The minimum absolute atomic E-state index is 0.0161. The number of carbonyl (C=O) groups is 1. The molecule has 2 rings (SSSR count). The zero-order valence-corrected chi connectivity index (χ0v) is 16.1. The summed E-state index contributed by atoms with van der Waals surface area (Å²) in [5.74, 6) is 2.12. The Morgan fingerprint density at radius 3 is 2.54 bits per heavy atom. The number of rotatable bonds is 6. The van der Waals surface area contributed by atoms with E-state index in [1.54, 1.807) is 14.2 Å². The second-order valence-corrected chi connectivity index (χ2v) is 6.11. The first-order chi connectivity index (χ1) is 12.6. The van der Waals surface area contributed by atoms with Crippen molar-refractivity contribution in [3.8, 4) is 11.5 Å². The molecule has 26 heavy (non-hydrogen) atoms. The number of hydrogen-bond acceptors (Lipinski definition) is 5. The zero-order chi connectivity index (χ0) is 18.9. The Hall–Kier alpha value is -2.44. The summed E-state index contributed by atoms with van der Waals surface area (Å²) in [4.78, 5) is 18.6. The van der Waals surface area contributed by atoms with E-state index in [0.29, 0.717) is 18.0 Å². The van der Waals surface area contributed by atoms with Crippen LogP contribution in [-0.2, 0) is 16.1 Å². The maximum atomic E-state index is 11.7. The number of para-hydroxylation sites is 1. The van der Waals surface area contributed by atoms with Crippen LogP contribution < -0.4 is 14.8 Å². The van der Waals surface area contributed by atoms with Crippen LogP contribution in [0.15, 0.2) is 23.2 Å². The van der Waals surface area contributed by atoms with Gasteiger partial charge in [-0.05, 0) is 25.8 Å². The number of benzene rings is 1. The minimum atomic E-state index is -0.118. The molecule has 1 N–H and O–H groups in total. The third-order valence-electron chi connectivity index (χ3n) is 4.55. The third-order valence-corrected chi connectivity index (χ3v) is 4.55. The predicted octanol–water partition coefficient (Wildman–Crippen LogP) is 2.05. The van der Waals surface area contributed by atoms with Crippen LogP contribution in [0.4, 0.5) is 0 Å². The molecule has 7 heteroatoms. The summed E-state index contributed by atoms with van der Waals surface area (Å²) in [5, 5.41) is 3.33. The molecule has 1 aromatic carbocycles. The maximum absolute atomic E-state index is 11.7. The van der Waals surface area contributed by atoms with E-state index in [4.69, 9.17) is 19.2 Å². The first-order valence-corrected chi connectivity index (χ1v) is 8.95. The van der Waals surface area contributed by atoms with E-state index < -0.39 is 0 Å². The summed E-state index contributed by atoms with van der Waals surface area (Å²) in [6, 6.07) is 5.79. The smallest absolute Gasteiger partial charge is 0.308 e. The lowest BCUT2D eigenvalue weighted by molar-refractivity contribution is -0.146. The fraction of sp³-hybridized carbons (Fsp3) is 0.579. The summed E-state index contributed by atoms with van der Waals surface area (Å²) in [7, 11) is 4.70. The van der Waals surface area contributed by atoms with Gasteiger partial charge in [-0.25, -0.2) is 4.99 Å². The monoisotopic (exact) mass is 363 g/mol. The van der Waals surface area contributed by atoms with Gasteiger partial charge in [0, 0.05) is 25.2 Å². The van der Waals surface area contributed by atoms with E-state index in [1.807, 2.05) is 25.1 Å². The average molecular weight is 363 g/mol. The van der Waals surface area contributed by atoms with Gasteiger partial charge >= 0.3 is 5.97 Å². The molecule has 0 atom stereocenters. The number of ether oxygens (including phenoxy) is 3. The van der Waals surface area contributed by atoms with Gasteiger partial charge in [-0.1, -0.05) is 12.1 Å². The number of likely N-dealkylation sites (tertiary alicyclic amines) is 1. The number of carbonyl (C=O) groups excluding carboxylic acids is 1. The van der Waals surface area contributed by atoms with Crippen molar-refractivity contribution in [1.29, 1.82) is 0 Å². The lowest BCUT2D eigenvalue weighted by atomic mass is 9.97. The number of aliphatic imine (C=N–C) groups is 1. The molecule has 0 unspecified atom stereocenters. The normalized spacial score (nSPS) is 15.5. The Bertz CT molecular complexity index is 625. The Morgan fingerprint density at radius 1 is 1.23 bits per heavy atom. The van der Waals surface area contributed by atoms with E-state index in [0.717, 1.165) is 44.0 Å². The molecular weight excluding hydrogens is 334 g/mol. The second kappa shape index (κ2) is 9.89. The van der Waals surface area contributed by atoms with Gasteiger partial charge in [-0.3, -0.25) is 4.79 Å². The molecule has 1 aliphatic rings. The van der Waals surface area contributed by atoms with E-state index >= 15 is 0 Å². The van der Waals surface area contributed by atoms with Crippen LogP contribution in [0.2, 0.25) is 0 Å². The summed E-state index contributed by atoms with van der Waals surface area (Å²) in [5.41, 5.74) is 0.965. The summed E-state index contributed by atoms with van der Waals surface area (Å²) in [6.07, 6.45) is 1.55. The number of nitrogens with one attached hydrogen (secondary N) is 1. The highest BCUT2D eigenvalue weighted by molar-refractivity contribution is 5.80. The molecule has 0 aromatic heterocycles. The van der Waals surface area contributed by atoms with Crippen LogP contribution in [-0.4, -0.2) is 57.8 Å². The lowest BCUT2D eigenvalue weighted by Gasteiger charge is -2.33. The van der Waals surface area contributed by atoms with Crippen molar-refractivity contribution < 1.29 is 19.0 Å². The highest BCUT2D eigenvalue weighted by Gasteiger charge is 2.27. The van der Waals surface area contributed by atoms with Crippen molar-refractivity contribution >= 4 is 11.9 Å². The van der Waals surface area contributed by atoms with Gasteiger partial charge in [0.05, 0.1) is 33.8 Å². The average Bonchev–Trinajstić information content (AvgIpc) is 2.70. The van der Waals surface area contributed by atoms with Gasteiger partial charge in [-0.15, -0.1) is 0 Å². The van der Waals surface area contributed by atoms with E-state index in [9.17, 15) is 4.79 Å². The van der Waals surface area contributed by atoms with Gasteiger partial charge in [0.1, 0.15) is 0 Å². The molecule has 1 fully saturated rings. The maximum Gasteiger partial charge on any atom is 0.308 e. The number of hydrogen-bond donors (Lipinski definition) is 1.